The topological polar surface area (TPSA) is 59.1 Å². The Morgan fingerprint density at radius 2 is 1.86 bits per heavy atom. The highest BCUT2D eigenvalue weighted by molar-refractivity contribution is 5.79. The molecule has 2 atom stereocenters. The van der Waals surface area contributed by atoms with Gasteiger partial charge in [0.05, 0.1) is 5.52 Å². The smallest absolute Gasteiger partial charge is 0.118 e. The van der Waals surface area contributed by atoms with Crippen molar-refractivity contribution in [3.63, 3.8) is 0 Å². The molecule has 104 valence electrons. The maximum Gasteiger partial charge on any atom is 0.118 e. The van der Waals surface area contributed by atoms with E-state index in [2.05, 4.69) is 4.98 Å². The van der Waals surface area contributed by atoms with Crippen LogP contribution in [0.2, 0.25) is 0 Å². The summed E-state index contributed by atoms with van der Waals surface area (Å²) >= 11 is 0. The van der Waals surface area contributed by atoms with Gasteiger partial charge in [-0.25, -0.2) is 0 Å². The minimum Gasteiger partial charge on any atom is -0.380 e. The van der Waals surface area contributed by atoms with Crippen LogP contribution in [-0.2, 0) is 5.60 Å². The van der Waals surface area contributed by atoms with Crippen LogP contribution in [0, 0.1) is 0 Å². The molecule has 0 saturated carbocycles. The Morgan fingerprint density at radius 3 is 2.76 bits per heavy atom. The van der Waals surface area contributed by atoms with Gasteiger partial charge in [0, 0.05) is 29.6 Å². The molecule has 1 aliphatic rings. The molecule has 21 heavy (non-hydrogen) atoms. The standard InChI is InChI=1S/C18H16N2O/c19-16-10-18(21,15-7-3-2-6-14(15)16)13-9-12-5-1-4-8-17(12)20-11-13/h1-9,11,16,21H,10,19H2. The van der Waals surface area contributed by atoms with Gasteiger partial charge in [-0.3, -0.25) is 4.98 Å². The molecule has 0 fully saturated rings. The van der Waals surface area contributed by atoms with Crippen LogP contribution in [0.5, 0.6) is 0 Å². The van der Waals surface area contributed by atoms with Gasteiger partial charge in [-0.05, 0) is 23.3 Å². The minimum atomic E-state index is -1.05. The Balaban J connectivity index is 1.92. The molecule has 1 aromatic heterocycles. The van der Waals surface area contributed by atoms with Crippen molar-refractivity contribution in [3.8, 4) is 0 Å². The van der Waals surface area contributed by atoms with Crippen LogP contribution in [0.15, 0.2) is 60.8 Å². The van der Waals surface area contributed by atoms with Gasteiger partial charge in [-0.2, -0.15) is 0 Å². The summed E-state index contributed by atoms with van der Waals surface area (Å²) in [5.74, 6) is 0. The molecule has 0 spiro atoms. The van der Waals surface area contributed by atoms with E-state index in [0.29, 0.717) is 6.42 Å². The first-order valence-corrected chi connectivity index (χ1v) is 7.11. The molecule has 1 heterocycles. The predicted octanol–water partition coefficient (Wildman–Crippen LogP) is 2.87. The number of aliphatic hydroxyl groups is 1. The second-order valence-electron chi connectivity index (χ2n) is 5.67. The summed E-state index contributed by atoms with van der Waals surface area (Å²) in [4.78, 5) is 4.47. The molecular formula is C18H16N2O. The number of rotatable bonds is 1. The van der Waals surface area contributed by atoms with Crippen LogP contribution in [0.25, 0.3) is 10.9 Å². The summed E-state index contributed by atoms with van der Waals surface area (Å²) in [6.45, 7) is 0. The van der Waals surface area contributed by atoms with Gasteiger partial charge in [-0.1, -0.05) is 42.5 Å². The van der Waals surface area contributed by atoms with Gasteiger partial charge < -0.3 is 10.8 Å². The van der Waals surface area contributed by atoms with E-state index in [-0.39, 0.29) is 6.04 Å². The lowest BCUT2D eigenvalue weighted by Crippen LogP contribution is -2.25. The fourth-order valence-electron chi connectivity index (χ4n) is 3.31. The molecular weight excluding hydrogens is 260 g/mol. The summed E-state index contributed by atoms with van der Waals surface area (Å²) in [7, 11) is 0. The molecule has 0 bridgehead atoms. The van der Waals surface area contributed by atoms with Gasteiger partial charge in [0.2, 0.25) is 0 Å². The van der Waals surface area contributed by atoms with Crippen molar-refractivity contribution >= 4 is 10.9 Å². The number of hydrogen-bond donors (Lipinski definition) is 2. The van der Waals surface area contributed by atoms with Gasteiger partial charge in [-0.15, -0.1) is 0 Å². The Labute approximate surface area is 123 Å². The van der Waals surface area contributed by atoms with Gasteiger partial charge >= 0.3 is 0 Å². The number of nitrogens with zero attached hydrogens (tertiary/aromatic N) is 1. The third kappa shape index (κ3) is 1.78. The molecule has 2 unspecified atom stereocenters. The molecule has 3 N–H and O–H groups in total. The molecule has 3 aromatic rings. The van der Waals surface area contributed by atoms with Gasteiger partial charge in [0.1, 0.15) is 5.60 Å². The third-order valence-corrected chi connectivity index (χ3v) is 4.39. The fourth-order valence-corrected chi connectivity index (χ4v) is 3.31. The van der Waals surface area contributed by atoms with Crippen LogP contribution in [-0.4, -0.2) is 10.1 Å². The van der Waals surface area contributed by atoms with Crippen LogP contribution in [0.3, 0.4) is 0 Å². The Hall–Kier alpha value is -2.23. The number of aromatic nitrogens is 1. The van der Waals surface area contributed by atoms with E-state index in [1.54, 1.807) is 6.20 Å². The molecule has 3 heteroatoms. The SMILES string of the molecule is NC1CC(O)(c2cnc3ccccc3c2)c2ccccc21. The zero-order valence-corrected chi connectivity index (χ0v) is 11.5. The number of para-hydroxylation sites is 1. The molecule has 0 aliphatic heterocycles. The normalized spacial score (nSPS) is 24.2. The van der Waals surface area contributed by atoms with E-state index < -0.39 is 5.60 Å². The van der Waals surface area contributed by atoms with E-state index in [9.17, 15) is 5.11 Å². The second kappa shape index (κ2) is 4.38. The van der Waals surface area contributed by atoms with Crippen molar-refractivity contribution < 1.29 is 5.11 Å². The lowest BCUT2D eigenvalue weighted by Gasteiger charge is -2.24. The largest absolute Gasteiger partial charge is 0.380 e. The van der Waals surface area contributed by atoms with E-state index in [4.69, 9.17) is 5.73 Å². The van der Waals surface area contributed by atoms with Crippen molar-refractivity contribution in [2.75, 3.05) is 0 Å². The molecule has 0 radical (unpaired) electrons. The van der Waals surface area contributed by atoms with Crippen LogP contribution < -0.4 is 5.73 Å². The fraction of sp³-hybridized carbons (Fsp3) is 0.167. The number of benzene rings is 2. The molecule has 0 amide bonds. The number of hydrogen-bond acceptors (Lipinski definition) is 3. The minimum absolute atomic E-state index is 0.141. The highest BCUT2D eigenvalue weighted by Gasteiger charge is 2.42. The quantitative estimate of drug-likeness (QED) is 0.718. The Kier molecular flexibility index (Phi) is 2.61. The molecule has 4 rings (SSSR count). The highest BCUT2D eigenvalue weighted by atomic mass is 16.3. The zero-order valence-electron chi connectivity index (χ0n) is 11.5. The molecule has 3 nitrogen and oxygen atoms in total. The van der Waals surface area contributed by atoms with Crippen LogP contribution >= 0.6 is 0 Å². The lowest BCUT2D eigenvalue weighted by atomic mass is 9.88. The average Bonchev–Trinajstić information content (AvgIpc) is 2.80. The zero-order chi connectivity index (χ0) is 14.4. The number of pyridine rings is 1. The maximum atomic E-state index is 11.2. The second-order valence-corrected chi connectivity index (χ2v) is 5.67. The lowest BCUT2D eigenvalue weighted by molar-refractivity contribution is 0.0774. The van der Waals surface area contributed by atoms with Crippen LogP contribution in [0.4, 0.5) is 0 Å². The molecule has 2 aromatic carbocycles. The van der Waals surface area contributed by atoms with Crippen molar-refractivity contribution in [2.24, 2.45) is 5.73 Å². The van der Waals surface area contributed by atoms with E-state index in [1.165, 1.54) is 0 Å². The summed E-state index contributed by atoms with van der Waals surface area (Å²) in [6, 6.07) is 17.6. The van der Waals surface area contributed by atoms with E-state index in [0.717, 1.165) is 27.6 Å². The van der Waals surface area contributed by atoms with E-state index >= 15 is 0 Å². The first-order chi connectivity index (χ1) is 10.2. The van der Waals surface area contributed by atoms with Crippen molar-refractivity contribution in [1.82, 2.24) is 4.98 Å². The van der Waals surface area contributed by atoms with E-state index in [1.807, 2.05) is 54.6 Å². The van der Waals surface area contributed by atoms with Crippen LogP contribution in [0.1, 0.15) is 29.2 Å². The number of nitrogens with two attached hydrogens (primary N) is 1. The predicted molar refractivity (Wildman–Crippen MR) is 82.7 cm³/mol. The monoisotopic (exact) mass is 276 g/mol. The third-order valence-electron chi connectivity index (χ3n) is 4.39. The average molecular weight is 276 g/mol. The number of fused-ring (bicyclic) bond motifs is 2. The molecule has 1 aliphatic carbocycles. The van der Waals surface area contributed by atoms with Crippen molar-refractivity contribution in [1.29, 1.82) is 0 Å². The molecule has 0 saturated heterocycles. The first kappa shape index (κ1) is 12.5. The van der Waals surface area contributed by atoms with Crippen molar-refractivity contribution in [3.05, 3.63) is 77.5 Å². The Morgan fingerprint density at radius 1 is 1.10 bits per heavy atom. The van der Waals surface area contributed by atoms with Gasteiger partial charge in [0.15, 0.2) is 0 Å². The summed E-state index contributed by atoms with van der Waals surface area (Å²) in [6.07, 6.45) is 2.25. The Bertz CT molecular complexity index is 830. The summed E-state index contributed by atoms with van der Waals surface area (Å²) in [5.41, 5.74) is 8.80. The first-order valence-electron chi connectivity index (χ1n) is 7.11. The van der Waals surface area contributed by atoms with Gasteiger partial charge in [0.25, 0.3) is 0 Å². The highest BCUT2D eigenvalue weighted by Crippen LogP contribution is 2.46. The summed E-state index contributed by atoms with van der Waals surface area (Å²) < 4.78 is 0. The summed E-state index contributed by atoms with van der Waals surface area (Å²) in [5, 5.41) is 12.3. The van der Waals surface area contributed by atoms with Crippen molar-refractivity contribution in [2.45, 2.75) is 18.1 Å². The maximum absolute atomic E-state index is 11.2.